The standard InChI is InChI=1S/C17H28N2/c1-5-17(4)13-19(15(3)11-18-17)12-14(2)16-9-7-6-8-10-16/h6-10,14-15,18H,5,11-13H2,1-4H3. The monoisotopic (exact) mass is 260 g/mol. The first-order valence-corrected chi connectivity index (χ1v) is 7.58. The van der Waals surface area contributed by atoms with Gasteiger partial charge in [-0.15, -0.1) is 0 Å². The van der Waals surface area contributed by atoms with E-state index in [-0.39, 0.29) is 5.54 Å². The fourth-order valence-electron chi connectivity index (χ4n) is 2.90. The van der Waals surface area contributed by atoms with Crippen molar-refractivity contribution in [2.24, 2.45) is 0 Å². The minimum absolute atomic E-state index is 0.281. The molecule has 0 amide bonds. The summed E-state index contributed by atoms with van der Waals surface area (Å²) in [5.74, 6) is 0.600. The molecule has 1 aliphatic rings. The summed E-state index contributed by atoms with van der Waals surface area (Å²) in [5.41, 5.74) is 1.73. The van der Waals surface area contributed by atoms with Crippen LogP contribution in [0.2, 0.25) is 0 Å². The van der Waals surface area contributed by atoms with Gasteiger partial charge in [0.2, 0.25) is 0 Å². The molecule has 2 heteroatoms. The Bertz CT molecular complexity index is 390. The summed E-state index contributed by atoms with van der Waals surface area (Å²) in [6.45, 7) is 12.7. The van der Waals surface area contributed by atoms with Crippen LogP contribution in [0.15, 0.2) is 30.3 Å². The Kier molecular flexibility index (Phi) is 4.64. The van der Waals surface area contributed by atoms with Crippen LogP contribution in [0.5, 0.6) is 0 Å². The molecule has 1 aromatic rings. The second-order valence-electron chi connectivity index (χ2n) is 6.39. The molecule has 1 N–H and O–H groups in total. The van der Waals surface area contributed by atoms with Crippen molar-refractivity contribution in [2.45, 2.75) is 51.6 Å². The lowest BCUT2D eigenvalue weighted by Crippen LogP contribution is -2.62. The van der Waals surface area contributed by atoms with E-state index in [4.69, 9.17) is 0 Å². The molecular formula is C17H28N2. The maximum Gasteiger partial charge on any atom is 0.0278 e. The highest BCUT2D eigenvalue weighted by atomic mass is 15.2. The third-order valence-corrected chi connectivity index (χ3v) is 4.66. The highest BCUT2D eigenvalue weighted by molar-refractivity contribution is 5.19. The van der Waals surface area contributed by atoms with Crippen LogP contribution in [-0.4, -0.2) is 36.1 Å². The van der Waals surface area contributed by atoms with E-state index in [1.165, 1.54) is 12.0 Å². The molecule has 0 bridgehead atoms. The SMILES string of the molecule is CCC1(C)CN(CC(C)c2ccccc2)C(C)CN1. The number of hydrogen-bond acceptors (Lipinski definition) is 2. The normalized spacial score (nSPS) is 30.2. The molecule has 1 fully saturated rings. The lowest BCUT2D eigenvalue weighted by atomic mass is 9.92. The van der Waals surface area contributed by atoms with Gasteiger partial charge in [0.15, 0.2) is 0 Å². The number of nitrogens with zero attached hydrogens (tertiary/aromatic N) is 1. The zero-order chi connectivity index (χ0) is 13.9. The molecular weight excluding hydrogens is 232 g/mol. The second kappa shape index (κ2) is 6.06. The largest absolute Gasteiger partial charge is 0.309 e. The van der Waals surface area contributed by atoms with E-state index >= 15 is 0 Å². The third-order valence-electron chi connectivity index (χ3n) is 4.66. The van der Waals surface area contributed by atoms with Crippen molar-refractivity contribution in [1.29, 1.82) is 0 Å². The molecule has 0 aromatic heterocycles. The van der Waals surface area contributed by atoms with Gasteiger partial charge in [0.1, 0.15) is 0 Å². The molecule has 0 aliphatic carbocycles. The number of piperazine rings is 1. The zero-order valence-corrected chi connectivity index (χ0v) is 12.8. The number of rotatable bonds is 4. The number of benzene rings is 1. The van der Waals surface area contributed by atoms with Crippen molar-refractivity contribution >= 4 is 0 Å². The van der Waals surface area contributed by atoms with Crippen molar-refractivity contribution in [3.8, 4) is 0 Å². The van der Waals surface area contributed by atoms with Gasteiger partial charge in [0.25, 0.3) is 0 Å². The Hall–Kier alpha value is -0.860. The van der Waals surface area contributed by atoms with Gasteiger partial charge in [-0.3, -0.25) is 4.90 Å². The minimum atomic E-state index is 0.281. The summed E-state index contributed by atoms with van der Waals surface area (Å²) in [7, 11) is 0. The Morgan fingerprint density at radius 3 is 2.68 bits per heavy atom. The van der Waals surface area contributed by atoms with Crippen LogP contribution in [0.25, 0.3) is 0 Å². The Balaban J connectivity index is 2.01. The highest BCUT2D eigenvalue weighted by Gasteiger charge is 2.32. The Morgan fingerprint density at radius 2 is 2.05 bits per heavy atom. The molecule has 19 heavy (non-hydrogen) atoms. The van der Waals surface area contributed by atoms with E-state index in [2.05, 4.69) is 68.2 Å². The van der Waals surface area contributed by atoms with E-state index in [1.54, 1.807) is 0 Å². The highest BCUT2D eigenvalue weighted by Crippen LogP contribution is 2.23. The summed E-state index contributed by atoms with van der Waals surface area (Å²) in [5, 5.41) is 3.70. The number of nitrogens with one attached hydrogen (secondary N) is 1. The van der Waals surface area contributed by atoms with E-state index in [0.717, 1.165) is 19.6 Å². The molecule has 3 unspecified atom stereocenters. The van der Waals surface area contributed by atoms with Gasteiger partial charge in [0, 0.05) is 31.2 Å². The first kappa shape index (κ1) is 14.5. The van der Waals surface area contributed by atoms with Crippen LogP contribution in [0, 0.1) is 0 Å². The van der Waals surface area contributed by atoms with Crippen molar-refractivity contribution in [2.75, 3.05) is 19.6 Å². The van der Waals surface area contributed by atoms with Gasteiger partial charge in [-0.1, -0.05) is 44.2 Å². The summed E-state index contributed by atoms with van der Waals surface area (Å²) < 4.78 is 0. The van der Waals surface area contributed by atoms with E-state index < -0.39 is 0 Å². The lowest BCUT2D eigenvalue weighted by molar-refractivity contribution is 0.0885. The zero-order valence-electron chi connectivity index (χ0n) is 12.8. The summed E-state index contributed by atoms with van der Waals surface area (Å²) in [6, 6.07) is 11.5. The van der Waals surface area contributed by atoms with Crippen molar-refractivity contribution in [3.05, 3.63) is 35.9 Å². The first-order chi connectivity index (χ1) is 9.04. The molecule has 1 saturated heterocycles. The molecule has 106 valence electrons. The van der Waals surface area contributed by atoms with Gasteiger partial charge in [-0.05, 0) is 31.7 Å². The molecule has 0 radical (unpaired) electrons. The maximum absolute atomic E-state index is 3.70. The van der Waals surface area contributed by atoms with Gasteiger partial charge >= 0.3 is 0 Å². The molecule has 2 rings (SSSR count). The molecule has 1 aromatic carbocycles. The maximum atomic E-state index is 3.70. The summed E-state index contributed by atoms with van der Waals surface area (Å²) >= 11 is 0. The van der Waals surface area contributed by atoms with Crippen LogP contribution in [0.4, 0.5) is 0 Å². The van der Waals surface area contributed by atoms with Crippen LogP contribution in [0.3, 0.4) is 0 Å². The van der Waals surface area contributed by atoms with Crippen LogP contribution in [0.1, 0.15) is 45.6 Å². The Morgan fingerprint density at radius 1 is 1.37 bits per heavy atom. The fraction of sp³-hybridized carbons (Fsp3) is 0.647. The predicted octanol–water partition coefficient (Wildman–Crippen LogP) is 3.25. The molecule has 1 aliphatic heterocycles. The van der Waals surface area contributed by atoms with E-state index in [9.17, 15) is 0 Å². The first-order valence-electron chi connectivity index (χ1n) is 7.58. The van der Waals surface area contributed by atoms with Gasteiger partial charge < -0.3 is 5.32 Å². The van der Waals surface area contributed by atoms with E-state index in [0.29, 0.717) is 12.0 Å². The van der Waals surface area contributed by atoms with Crippen LogP contribution >= 0.6 is 0 Å². The van der Waals surface area contributed by atoms with E-state index in [1.807, 2.05) is 0 Å². The average Bonchev–Trinajstić information content (AvgIpc) is 2.44. The topological polar surface area (TPSA) is 15.3 Å². The van der Waals surface area contributed by atoms with Gasteiger partial charge in [0.05, 0.1) is 0 Å². The molecule has 1 heterocycles. The quantitative estimate of drug-likeness (QED) is 0.894. The Labute approximate surface area is 118 Å². The third kappa shape index (κ3) is 3.58. The lowest BCUT2D eigenvalue weighted by Gasteiger charge is -2.45. The summed E-state index contributed by atoms with van der Waals surface area (Å²) in [6.07, 6.45) is 1.19. The summed E-state index contributed by atoms with van der Waals surface area (Å²) in [4.78, 5) is 2.65. The van der Waals surface area contributed by atoms with Crippen molar-refractivity contribution in [3.63, 3.8) is 0 Å². The minimum Gasteiger partial charge on any atom is -0.309 e. The van der Waals surface area contributed by atoms with Crippen LogP contribution in [-0.2, 0) is 0 Å². The average molecular weight is 260 g/mol. The van der Waals surface area contributed by atoms with Gasteiger partial charge in [-0.25, -0.2) is 0 Å². The second-order valence-corrected chi connectivity index (χ2v) is 6.39. The van der Waals surface area contributed by atoms with Gasteiger partial charge in [-0.2, -0.15) is 0 Å². The molecule has 0 saturated carbocycles. The molecule has 0 spiro atoms. The van der Waals surface area contributed by atoms with Crippen LogP contribution < -0.4 is 5.32 Å². The molecule has 2 nitrogen and oxygen atoms in total. The van der Waals surface area contributed by atoms with Crippen molar-refractivity contribution < 1.29 is 0 Å². The fourth-order valence-corrected chi connectivity index (χ4v) is 2.90. The van der Waals surface area contributed by atoms with Crippen molar-refractivity contribution in [1.82, 2.24) is 10.2 Å². The predicted molar refractivity (Wildman–Crippen MR) is 82.6 cm³/mol. The number of hydrogen-bond donors (Lipinski definition) is 1. The smallest absolute Gasteiger partial charge is 0.0278 e. The molecule has 3 atom stereocenters.